The van der Waals surface area contributed by atoms with Crippen LogP contribution in [0, 0.1) is 5.41 Å². The summed E-state index contributed by atoms with van der Waals surface area (Å²) in [4.78, 5) is 59.8. The van der Waals surface area contributed by atoms with Crippen LogP contribution in [0.5, 0.6) is 0 Å². The highest BCUT2D eigenvalue weighted by atomic mass is 16.2. The van der Waals surface area contributed by atoms with Crippen molar-refractivity contribution >= 4 is 51.3 Å². The van der Waals surface area contributed by atoms with Gasteiger partial charge in [0.2, 0.25) is 23.6 Å². The Balaban J connectivity index is 1.42. The van der Waals surface area contributed by atoms with Gasteiger partial charge in [0.25, 0.3) is 0 Å². The van der Waals surface area contributed by atoms with Crippen molar-refractivity contribution in [2.24, 2.45) is 5.73 Å². The van der Waals surface area contributed by atoms with Crippen molar-refractivity contribution in [1.82, 2.24) is 31.2 Å². The first-order valence-electron chi connectivity index (χ1n) is 17.9. The van der Waals surface area contributed by atoms with Crippen LogP contribution in [-0.4, -0.2) is 77.7 Å². The van der Waals surface area contributed by atoms with Gasteiger partial charge in [-0.25, -0.2) is 0 Å². The summed E-state index contributed by atoms with van der Waals surface area (Å²) in [6.07, 6.45) is 7.39. The van der Waals surface area contributed by atoms with Crippen molar-refractivity contribution in [2.45, 2.75) is 82.3 Å². The van der Waals surface area contributed by atoms with Gasteiger partial charge in [-0.2, -0.15) is 0 Å². The van der Waals surface area contributed by atoms with Crippen molar-refractivity contribution in [2.75, 3.05) is 20.1 Å². The Kier molecular flexibility index (Phi) is 13.0. The highest BCUT2D eigenvalue weighted by Crippen LogP contribution is 2.20. The predicted octanol–water partition coefficient (Wildman–Crippen LogP) is 3.64. The molecule has 4 aromatic rings. The van der Waals surface area contributed by atoms with Crippen LogP contribution in [0.2, 0.25) is 0 Å². The van der Waals surface area contributed by atoms with Crippen molar-refractivity contribution < 1.29 is 19.2 Å². The van der Waals surface area contributed by atoms with Crippen LogP contribution in [0.25, 0.3) is 21.7 Å². The molecule has 5 rings (SSSR count). The van der Waals surface area contributed by atoms with E-state index in [2.05, 4.69) is 26.3 Å². The highest BCUT2D eigenvalue weighted by molar-refractivity contribution is 5.95. The van der Waals surface area contributed by atoms with Crippen LogP contribution in [-0.2, 0) is 32.0 Å². The van der Waals surface area contributed by atoms with Crippen LogP contribution in [0.4, 0.5) is 0 Å². The second-order valence-corrected chi connectivity index (χ2v) is 13.4. The van der Waals surface area contributed by atoms with Crippen LogP contribution >= 0.6 is 0 Å². The summed E-state index contributed by atoms with van der Waals surface area (Å²) in [6.45, 7) is 0.846. The first-order chi connectivity index (χ1) is 24.7. The fraction of sp³-hybridized carbons (Fsp3) is 0.410. The average Bonchev–Trinajstić information content (AvgIpc) is 3.53. The second kappa shape index (κ2) is 18.0. The van der Waals surface area contributed by atoms with Gasteiger partial charge in [0.15, 0.2) is 5.96 Å². The van der Waals surface area contributed by atoms with E-state index in [-0.39, 0.29) is 43.5 Å². The molecular weight excluding hydrogens is 644 g/mol. The average molecular weight is 695 g/mol. The third-order valence-corrected chi connectivity index (χ3v) is 9.55. The third-order valence-electron chi connectivity index (χ3n) is 9.55. The molecule has 1 aliphatic rings. The largest absolute Gasteiger partial charge is 0.370 e. The molecule has 8 N–H and O–H groups in total. The number of hydrogen-bond donors (Lipinski definition) is 7. The predicted molar refractivity (Wildman–Crippen MR) is 200 cm³/mol. The van der Waals surface area contributed by atoms with E-state index in [1.54, 1.807) is 11.9 Å². The van der Waals surface area contributed by atoms with E-state index >= 15 is 0 Å². The molecule has 12 heteroatoms. The maximum absolute atomic E-state index is 14.1. The number of aromatic nitrogens is 1. The zero-order valence-electron chi connectivity index (χ0n) is 29.3. The molecule has 0 radical (unpaired) electrons. The minimum Gasteiger partial charge on any atom is -0.370 e. The van der Waals surface area contributed by atoms with Gasteiger partial charge >= 0.3 is 0 Å². The van der Waals surface area contributed by atoms with Gasteiger partial charge in [-0.05, 0) is 53.6 Å². The number of aromatic amines is 1. The number of nitrogens with two attached hydrogens (primary N) is 1. The number of hydrogen-bond acceptors (Lipinski definition) is 5. The summed E-state index contributed by atoms with van der Waals surface area (Å²) in [5.41, 5.74) is 8.33. The number of fused-ring (bicyclic) bond motifs is 2. The minimum atomic E-state index is -1.02. The quantitative estimate of drug-likeness (QED) is 0.109. The smallest absolute Gasteiger partial charge is 0.243 e. The number of amides is 4. The van der Waals surface area contributed by atoms with Gasteiger partial charge < -0.3 is 36.9 Å². The molecule has 1 aromatic heterocycles. The topological polar surface area (TPSA) is 185 Å². The van der Waals surface area contributed by atoms with Gasteiger partial charge in [0.05, 0.1) is 0 Å². The van der Waals surface area contributed by atoms with Crippen LogP contribution in [0.1, 0.15) is 62.5 Å². The molecule has 270 valence electrons. The summed E-state index contributed by atoms with van der Waals surface area (Å²) < 4.78 is 0. The monoisotopic (exact) mass is 694 g/mol. The van der Waals surface area contributed by atoms with E-state index in [0.29, 0.717) is 25.9 Å². The second-order valence-electron chi connectivity index (χ2n) is 13.4. The highest BCUT2D eigenvalue weighted by Gasteiger charge is 2.30. The summed E-state index contributed by atoms with van der Waals surface area (Å²) in [5, 5.41) is 22.6. The summed E-state index contributed by atoms with van der Waals surface area (Å²) in [7, 11) is 1.68. The van der Waals surface area contributed by atoms with Gasteiger partial charge in [-0.1, -0.05) is 79.9 Å². The third kappa shape index (κ3) is 10.6. The molecule has 0 bridgehead atoms. The maximum atomic E-state index is 14.1. The Labute approximate surface area is 298 Å². The Hall–Kier alpha value is -5.39. The van der Waals surface area contributed by atoms with Crippen molar-refractivity contribution in [3.8, 4) is 0 Å². The molecule has 2 heterocycles. The molecule has 3 atom stereocenters. The van der Waals surface area contributed by atoms with Crippen molar-refractivity contribution in [1.29, 1.82) is 5.41 Å². The standard InChI is InChI=1S/C39H50N8O4/c1-47(39(40)41)21-11-16-32-37(50)46-34(24-29-25-43-31-15-9-8-14-30(29)31)36(49)42-20-10-4-2-3-5-17-35(48)44-33(38(51)45-32)23-26-18-19-27-12-6-7-13-28(27)22-26/h6-9,12-15,18-19,22,25,32-34,43H,2-5,10-11,16-17,20-21,23-24H2,1H3,(H3,40,41)(H,42,49)(H,44,48)(H,45,51)(H,46,50)/t32-,33+,34-/m0/s1. The SMILES string of the molecule is CN(CCC[C@@H]1NC(=O)[C@@H](Cc2ccc3ccccc3c2)NC(=O)CCCCCCCNC(=O)[C@H](Cc2c[nH]c3ccccc23)NC1=O)C(=N)N. The lowest BCUT2D eigenvalue weighted by Gasteiger charge is -2.26. The molecule has 4 amide bonds. The van der Waals surface area contributed by atoms with Gasteiger partial charge in [-0.15, -0.1) is 0 Å². The van der Waals surface area contributed by atoms with Gasteiger partial charge in [-0.3, -0.25) is 24.6 Å². The number of nitrogens with zero attached hydrogens (tertiary/aromatic N) is 1. The van der Waals surface area contributed by atoms with E-state index in [1.165, 1.54) is 0 Å². The Morgan fingerprint density at radius 3 is 2.29 bits per heavy atom. The minimum absolute atomic E-state index is 0.109. The Morgan fingerprint density at radius 1 is 0.784 bits per heavy atom. The first kappa shape index (κ1) is 36.9. The number of rotatable bonds is 8. The van der Waals surface area contributed by atoms with E-state index in [9.17, 15) is 19.2 Å². The Bertz CT molecular complexity index is 1840. The molecule has 51 heavy (non-hydrogen) atoms. The number of H-pyrrole nitrogens is 1. The lowest BCUT2D eigenvalue weighted by atomic mass is 10.00. The fourth-order valence-corrected chi connectivity index (χ4v) is 6.55. The van der Waals surface area contributed by atoms with Gasteiger partial charge in [0, 0.05) is 56.5 Å². The number of carbonyl (C=O) groups excluding carboxylic acids is 4. The number of para-hydroxylation sites is 1. The number of benzene rings is 3. The molecule has 0 unspecified atom stereocenters. The zero-order chi connectivity index (χ0) is 36.2. The fourth-order valence-electron chi connectivity index (χ4n) is 6.55. The molecule has 1 aliphatic heterocycles. The molecule has 3 aromatic carbocycles. The summed E-state index contributed by atoms with van der Waals surface area (Å²) >= 11 is 0. The zero-order valence-corrected chi connectivity index (χ0v) is 29.3. The number of carbonyl (C=O) groups is 4. The summed E-state index contributed by atoms with van der Waals surface area (Å²) in [5.74, 6) is -1.62. The maximum Gasteiger partial charge on any atom is 0.243 e. The van der Waals surface area contributed by atoms with E-state index in [4.69, 9.17) is 11.1 Å². The van der Waals surface area contributed by atoms with E-state index in [1.807, 2.05) is 72.9 Å². The molecule has 0 aliphatic carbocycles. The van der Waals surface area contributed by atoms with Crippen molar-refractivity contribution in [3.05, 3.63) is 84.1 Å². The molecule has 12 nitrogen and oxygen atoms in total. The van der Waals surface area contributed by atoms with Crippen molar-refractivity contribution in [3.63, 3.8) is 0 Å². The van der Waals surface area contributed by atoms with Crippen LogP contribution in [0.15, 0.2) is 72.9 Å². The summed E-state index contributed by atoms with van der Waals surface area (Å²) in [6, 6.07) is 18.8. The normalized spacial score (nSPS) is 20.1. The van der Waals surface area contributed by atoms with E-state index < -0.39 is 29.9 Å². The lowest BCUT2D eigenvalue weighted by molar-refractivity contribution is -0.133. The lowest BCUT2D eigenvalue weighted by Crippen LogP contribution is -2.57. The molecule has 0 spiro atoms. The van der Waals surface area contributed by atoms with Crippen LogP contribution < -0.4 is 27.0 Å². The van der Waals surface area contributed by atoms with E-state index in [0.717, 1.165) is 58.5 Å². The molecule has 1 saturated heterocycles. The van der Waals surface area contributed by atoms with Crippen LogP contribution in [0.3, 0.4) is 0 Å². The Morgan fingerprint density at radius 2 is 1.47 bits per heavy atom. The number of nitrogens with one attached hydrogen (secondary N) is 6. The molecule has 0 saturated carbocycles. The molecule has 1 fully saturated rings. The van der Waals surface area contributed by atoms with Gasteiger partial charge in [0.1, 0.15) is 18.1 Å². The first-order valence-corrected chi connectivity index (χ1v) is 17.9. The number of guanidine groups is 1. The molecular formula is C39H50N8O4.